The van der Waals surface area contributed by atoms with Crippen LogP contribution < -0.4 is 10.1 Å². The number of esters is 1. The van der Waals surface area contributed by atoms with Crippen molar-refractivity contribution in [2.75, 3.05) is 13.7 Å². The van der Waals surface area contributed by atoms with Crippen molar-refractivity contribution >= 4 is 23.2 Å². The molecule has 0 aliphatic rings. The summed E-state index contributed by atoms with van der Waals surface area (Å²) in [5, 5.41) is 5.38. The lowest BCUT2D eigenvalue weighted by atomic mass is 10.1. The highest BCUT2D eigenvalue weighted by Crippen LogP contribution is 2.25. The average Bonchev–Trinajstić information content (AvgIpc) is 3.20. The lowest BCUT2D eigenvalue weighted by Crippen LogP contribution is -2.28. The number of hydrogen-bond donors (Lipinski definition) is 1. The quantitative estimate of drug-likeness (QED) is 0.575. The van der Waals surface area contributed by atoms with Crippen LogP contribution in [-0.4, -0.2) is 30.6 Å². The minimum Gasteiger partial charge on any atom is -0.497 e. The second-order valence-electron chi connectivity index (χ2n) is 6.41. The van der Waals surface area contributed by atoms with Crippen molar-refractivity contribution in [2.45, 2.75) is 19.9 Å². The summed E-state index contributed by atoms with van der Waals surface area (Å²) in [7, 11) is 1.62. The number of benzene rings is 2. The van der Waals surface area contributed by atoms with E-state index in [1.165, 1.54) is 11.3 Å². The SMILES string of the molecule is COc1ccc(-c2nc(CC(=O)OCC(=O)NCc3ccccc3C)cs2)cc1. The number of methoxy groups -OCH3 is 1. The Morgan fingerprint density at radius 2 is 1.86 bits per heavy atom. The number of nitrogens with one attached hydrogen (secondary N) is 1. The first-order chi connectivity index (χ1) is 14.0. The van der Waals surface area contributed by atoms with E-state index in [4.69, 9.17) is 9.47 Å². The van der Waals surface area contributed by atoms with Crippen LogP contribution in [0.15, 0.2) is 53.9 Å². The summed E-state index contributed by atoms with van der Waals surface area (Å²) < 4.78 is 10.2. The van der Waals surface area contributed by atoms with Gasteiger partial charge in [0.05, 0.1) is 19.2 Å². The van der Waals surface area contributed by atoms with Crippen LogP contribution in [0.25, 0.3) is 10.6 Å². The Labute approximate surface area is 173 Å². The van der Waals surface area contributed by atoms with E-state index in [9.17, 15) is 9.59 Å². The number of carbonyl (C=O) groups excluding carboxylic acids is 2. The Balaban J connectivity index is 1.45. The van der Waals surface area contributed by atoms with Gasteiger partial charge in [0.1, 0.15) is 10.8 Å². The highest BCUT2D eigenvalue weighted by atomic mass is 32.1. The number of rotatable bonds is 8. The second kappa shape index (κ2) is 9.84. The minimum absolute atomic E-state index is 0.0255. The van der Waals surface area contributed by atoms with Crippen LogP contribution in [0.2, 0.25) is 0 Å². The van der Waals surface area contributed by atoms with Crippen molar-refractivity contribution in [1.29, 1.82) is 0 Å². The number of hydrogen-bond acceptors (Lipinski definition) is 6. The van der Waals surface area contributed by atoms with E-state index in [-0.39, 0.29) is 18.9 Å². The number of carbonyl (C=O) groups is 2. The smallest absolute Gasteiger partial charge is 0.312 e. The number of amides is 1. The molecule has 150 valence electrons. The van der Waals surface area contributed by atoms with Gasteiger partial charge in [0, 0.05) is 17.5 Å². The third-order valence-electron chi connectivity index (χ3n) is 4.32. The van der Waals surface area contributed by atoms with E-state index in [2.05, 4.69) is 10.3 Å². The normalized spacial score (nSPS) is 10.4. The predicted molar refractivity (Wildman–Crippen MR) is 112 cm³/mol. The molecular weight excluding hydrogens is 388 g/mol. The number of thiazole rings is 1. The molecule has 0 atom stereocenters. The van der Waals surface area contributed by atoms with Crippen molar-refractivity contribution < 1.29 is 19.1 Å². The molecular formula is C22H22N2O4S. The molecule has 1 heterocycles. The Hall–Kier alpha value is -3.19. The molecule has 0 aliphatic heterocycles. The number of aromatic nitrogens is 1. The lowest BCUT2D eigenvalue weighted by molar-refractivity contribution is -0.147. The zero-order valence-corrected chi connectivity index (χ0v) is 17.1. The topological polar surface area (TPSA) is 77.5 Å². The van der Waals surface area contributed by atoms with Crippen molar-refractivity contribution in [3.05, 3.63) is 70.7 Å². The van der Waals surface area contributed by atoms with Crippen LogP contribution in [0.4, 0.5) is 0 Å². The van der Waals surface area contributed by atoms with Crippen molar-refractivity contribution in [3.63, 3.8) is 0 Å². The van der Waals surface area contributed by atoms with Crippen LogP contribution in [0.3, 0.4) is 0 Å². The van der Waals surface area contributed by atoms with E-state index < -0.39 is 5.97 Å². The van der Waals surface area contributed by atoms with Crippen LogP contribution in [0, 0.1) is 6.92 Å². The van der Waals surface area contributed by atoms with Gasteiger partial charge >= 0.3 is 5.97 Å². The molecule has 0 spiro atoms. The molecule has 3 rings (SSSR count). The zero-order chi connectivity index (χ0) is 20.6. The molecule has 1 aromatic heterocycles. The summed E-state index contributed by atoms with van der Waals surface area (Å²) in [6, 6.07) is 15.3. The maximum absolute atomic E-state index is 12.0. The van der Waals surface area contributed by atoms with Gasteiger partial charge in [-0.2, -0.15) is 0 Å². The summed E-state index contributed by atoms with van der Waals surface area (Å²) in [5.74, 6) is -0.0452. The van der Waals surface area contributed by atoms with E-state index in [0.717, 1.165) is 27.4 Å². The van der Waals surface area contributed by atoms with Gasteiger partial charge in [0.25, 0.3) is 5.91 Å². The van der Waals surface area contributed by atoms with Gasteiger partial charge in [-0.05, 0) is 42.3 Å². The minimum atomic E-state index is -0.484. The standard InChI is InChI=1S/C22H22N2O4S/c1-15-5-3-4-6-17(15)12-23-20(25)13-28-21(26)11-18-14-29-22(24-18)16-7-9-19(27-2)10-8-16/h3-10,14H,11-13H2,1-2H3,(H,23,25). The Kier molecular flexibility index (Phi) is 6.97. The molecule has 3 aromatic rings. The first kappa shape index (κ1) is 20.5. The average molecular weight is 410 g/mol. The molecule has 29 heavy (non-hydrogen) atoms. The molecule has 0 fully saturated rings. The third-order valence-corrected chi connectivity index (χ3v) is 5.26. The Bertz CT molecular complexity index is 982. The largest absolute Gasteiger partial charge is 0.497 e. The van der Waals surface area contributed by atoms with Gasteiger partial charge in [-0.1, -0.05) is 24.3 Å². The third kappa shape index (κ3) is 5.89. The molecule has 0 saturated carbocycles. The fourth-order valence-corrected chi connectivity index (χ4v) is 3.48. The molecule has 6 nitrogen and oxygen atoms in total. The number of ether oxygens (including phenoxy) is 2. The van der Waals surface area contributed by atoms with Gasteiger partial charge in [0.2, 0.25) is 0 Å². The molecule has 0 bridgehead atoms. The maximum Gasteiger partial charge on any atom is 0.312 e. The first-order valence-electron chi connectivity index (χ1n) is 9.11. The van der Waals surface area contributed by atoms with Crippen LogP contribution in [-0.2, 0) is 27.3 Å². The summed E-state index contributed by atoms with van der Waals surface area (Å²) in [6.07, 6.45) is 0.0255. The van der Waals surface area contributed by atoms with Crippen molar-refractivity contribution in [3.8, 4) is 16.3 Å². The molecule has 0 radical (unpaired) electrons. The molecule has 0 unspecified atom stereocenters. The van der Waals surface area contributed by atoms with Gasteiger partial charge in [-0.3, -0.25) is 9.59 Å². The monoisotopic (exact) mass is 410 g/mol. The molecule has 1 amide bonds. The van der Waals surface area contributed by atoms with E-state index in [1.807, 2.05) is 60.8 Å². The van der Waals surface area contributed by atoms with Crippen molar-refractivity contribution in [1.82, 2.24) is 10.3 Å². The van der Waals surface area contributed by atoms with Crippen LogP contribution >= 0.6 is 11.3 Å². The molecule has 0 saturated heterocycles. The fraction of sp³-hybridized carbons (Fsp3) is 0.227. The van der Waals surface area contributed by atoms with E-state index >= 15 is 0 Å². The summed E-state index contributed by atoms with van der Waals surface area (Å²) in [4.78, 5) is 28.4. The fourth-order valence-electron chi connectivity index (χ4n) is 2.65. The van der Waals surface area contributed by atoms with E-state index in [1.54, 1.807) is 7.11 Å². The Morgan fingerprint density at radius 1 is 1.10 bits per heavy atom. The maximum atomic E-state index is 12.0. The highest BCUT2D eigenvalue weighted by molar-refractivity contribution is 7.13. The van der Waals surface area contributed by atoms with Crippen molar-refractivity contribution in [2.24, 2.45) is 0 Å². The summed E-state index contributed by atoms with van der Waals surface area (Å²) in [6.45, 7) is 2.08. The predicted octanol–water partition coefficient (Wildman–Crippen LogP) is 3.53. The van der Waals surface area contributed by atoms with Crippen LogP contribution in [0.1, 0.15) is 16.8 Å². The second-order valence-corrected chi connectivity index (χ2v) is 7.27. The van der Waals surface area contributed by atoms with Gasteiger partial charge in [-0.25, -0.2) is 4.98 Å². The molecule has 7 heteroatoms. The first-order valence-corrected chi connectivity index (χ1v) is 9.99. The number of aryl methyl sites for hydroxylation is 1. The molecule has 0 aliphatic carbocycles. The van der Waals surface area contributed by atoms with Gasteiger partial charge in [-0.15, -0.1) is 11.3 Å². The summed E-state index contributed by atoms with van der Waals surface area (Å²) in [5.41, 5.74) is 3.69. The summed E-state index contributed by atoms with van der Waals surface area (Å²) >= 11 is 1.45. The highest BCUT2D eigenvalue weighted by Gasteiger charge is 2.12. The van der Waals surface area contributed by atoms with Gasteiger partial charge in [0.15, 0.2) is 6.61 Å². The molecule has 2 aromatic carbocycles. The number of nitrogens with zero attached hydrogens (tertiary/aromatic N) is 1. The van der Waals surface area contributed by atoms with Gasteiger partial charge < -0.3 is 14.8 Å². The Morgan fingerprint density at radius 3 is 2.59 bits per heavy atom. The van der Waals surface area contributed by atoms with Crippen LogP contribution in [0.5, 0.6) is 5.75 Å². The zero-order valence-electron chi connectivity index (χ0n) is 16.3. The lowest BCUT2D eigenvalue weighted by Gasteiger charge is -2.08. The molecule has 1 N–H and O–H groups in total. The van der Waals surface area contributed by atoms with E-state index in [0.29, 0.717) is 12.2 Å².